The molecule has 2 heteroatoms. The topological polar surface area (TPSA) is 15.3 Å². The van der Waals surface area contributed by atoms with Gasteiger partial charge in [-0.3, -0.25) is 0 Å². The molecule has 0 saturated heterocycles. The number of benzene rings is 1. The van der Waals surface area contributed by atoms with E-state index < -0.39 is 0 Å². The van der Waals surface area contributed by atoms with E-state index in [9.17, 15) is 0 Å². The van der Waals surface area contributed by atoms with Gasteiger partial charge in [-0.05, 0) is 52.9 Å². The zero-order valence-corrected chi connectivity index (χ0v) is 12.9. The molecule has 2 nitrogen and oxygen atoms in total. The largest absolute Gasteiger partial charge is 0.315 e. The summed E-state index contributed by atoms with van der Waals surface area (Å²) >= 11 is 0. The van der Waals surface area contributed by atoms with Crippen molar-refractivity contribution in [2.24, 2.45) is 0 Å². The fourth-order valence-corrected chi connectivity index (χ4v) is 3.62. The Bertz CT molecular complexity index is 388. The number of nitrogens with one attached hydrogen (secondary N) is 1. The summed E-state index contributed by atoms with van der Waals surface area (Å²) in [7, 11) is 6.60. The van der Waals surface area contributed by atoms with Crippen LogP contribution in [0.25, 0.3) is 0 Å². The van der Waals surface area contributed by atoms with Crippen LogP contribution >= 0.6 is 0 Å². The lowest BCUT2D eigenvalue weighted by Crippen LogP contribution is -2.57. The monoisotopic (exact) mass is 260 g/mol. The van der Waals surface area contributed by atoms with E-state index in [1.165, 1.54) is 36.8 Å². The molecule has 1 aromatic carbocycles. The number of likely N-dealkylation sites (N-methyl/N-ethyl adjacent to an activating group) is 2. The van der Waals surface area contributed by atoms with Crippen molar-refractivity contribution < 1.29 is 0 Å². The van der Waals surface area contributed by atoms with Crippen molar-refractivity contribution in [3.63, 3.8) is 0 Å². The summed E-state index contributed by atoms with van der Waals surface area (Å²) < 4.78 is 0. The lowest BCUT2D eigenvalue weighted by molar-refractivity contribution is 0.108. The average Bonchev–Trinajstić information content (AvgIpc) is 2.88. The molecule has 19 heavy (non-hydrogen) atoms. The molecule has 0 bridgehead atoms. The van der Waals surface area contributed by atoms with Crippen LogP contribution in [0.3, 0.4) is 0 Å². The molecule has 0 heterocycles. The van der Waals surface area contributed by atoms with Crippen LogP contribution in [0.1, 0.15) is 36.8 Å². The Balaban J connectivity index is 2.16. The van der Waals surface area contributed by atoms with Crippen LogP contribution in [-0.2, 0) is 6.42 Å². The molecule has 0 aromatic heterocycles. The van der Waals surface area contributed by atoms with E-state index in [2.05, 4.69) is 62.5 Å². The Kier molecular flexibility index (Phi) is 4.64. The minimum absolute atomic E-state index is 0.333. The highest BCUT2D eigenvalue weighted by molar-refractivity contribution is 5.23. The molecule has 1 N–H and O–H groups in total. The smallest absolute Gasteiger partial charge is 0.0359 e. The predicted molar refractivity (Wildman–Crippen MR) is 82.6 cm³/mol. The molecule has 106 valence electrons. The predicted octanol–water partition coefficient (Wildman–Crippen LogP) is 3.00. The van der Waals surface area contributed by atoms with Crippen molar-refractivity contribution in [1.29, 1.82) is 0 Å². The van der Waals surface area contributed by atoms with Gasteiger partial charge in [0.25, 0.3) is 0 Å². The second-order valence-corrected chi connectivity index (χ2v) is 6.24. The SMILES string of the molecule is CNC(Cc1ccc(C)cc1)C1(N(C)C)CCCC1. The van der Waals surface area contributed by atoms with Crippen molar-refractivity contribution in [2.75, 3.05) is 21.1 Å². The fraction of sp³-hybridized carbons (Fsp3) is 0.647. The first-order valence-corrected chi connectivity index (χ1v) is 7.49. The third kappa shape index (κ3) is 3.01. The minimum Gasteiger partial charge on any atom is -0.315 e. The first-order valence-electron chi connectivity index (χ1n) is 7.49. The molecule has 1 aromatic rings. The number of hydrogen-bond acceptors (Lipinski definition) is 2. The van der Waals surface area contributed by atoms with E-state index >= 15 is 0 Å². The van der Waals surface area contributed by atoms with E-state index in [1.807, 2.05) is 0 Å². The van der Waals surface area contributed by atoms with Crippen LogP contribution in [0, 0.1) is 6.92 Å². The van der Waals surface area contributed by atoms with E-state index in [-0.39, 0.29) is 0 Å². The highest BCUT2D eigenvalue weighted by atomic mass is 15.2. The molecule has 1 atom stereocenters. The van der Waals surface area contributed by atoms with Crippen LogP contribution < -0.4 is 5.32 Å². The normalized spacial score (nSPS) is 19.8. The number of nitrogens with zero attached hydrogens (tertiary/aromatic N) is 1. The Morgan fingerprint density at radius 3 is 2.21 bits per heavy atom. The fourth-order valence-electron chi connectivity index (χ4n) is 3.62. The summed E-state index contributed by atoms with van der Waals surface area (Å²) in [5.74, 6) is 0. The summed E-state index contributed by atoms with van der Waals surface area (Å²) in [4.78, 5) is 2.45. The van der Waals surface area contributed by atoms with Gasteiger partial charge in [-0.1, -0.05) is 42.7 Å². The Morgan fingerprint density at radius 1 is 1.16 bits per heavy atom. The van der Waals surface area contributed by atoms with E-state index in [0.717, 1.165) is 6.42 Å². The second-order valence-electron chi connectivity index (χ2n) is 6.24. The molecule has 1 aliphatic rings. The van der Waals surface area contributed by atoms with Crippen molar-refractivity contribution >= 4 is 0 Å². The number of rotatable bonds is 5. The van der Waals surface area contributed by atoms with Gasteiger partial charge < -0.3 is 10.2 Å². The van der Waals surface area contributed by atoms with Crippen LogP contribution in [0.4, 0.5) is 0 Å². The molecule has 1 unspecified atom stereocenters. The summed E-state index contributed by atoms with van der Waals surface area (Å²) in [6.45, 7) is 2.15. The van der Waals surface area contributed by atoms with Crippen molar-refractivity contribution in [3.8, 4) is 0 Å². The van der Waals surface area contributed by atoms with Crippen molar-refractivity contribution in [3.05, 3.63) is 35.4 Å². The Hall–Kier alpha value is -0.860. The van der Waals surface area contributed by atoms with Crippen LogP contribution in [0.15, 0.2) is 24.3 Å². The summed E-state index contributed by atoms with van der Waals surface area (Å²) in [6.07, 6.45) is 6.48. The van der Waals surface area contributed by atoms with Gasteiger partial charge in [-0.15, -0.1) is 0 Å². The maximum absolute atomic E-state index is 3.59. The van der Waals surface area contributed by atoms with Gasteiger partial charge >= 0.3 is 0 Å². The minimum atomic E-state index is 0.333. The number of aryl methyl sites for hydroxylation is 1. The van der Waals surface area contributed by atoms with Crippen LogP contribution in [-0.4, -0.2) is 37.6 Å². The summed E-state index contributed by atoms with van der Waals surface area (Å²) in [5, 5.41) is 3.59. The maximum atomic E-state index is 3.59. The molecule has 1 aliphatic carbocycles. The molecule has 2 rings (SSSR count). The first kappa shape index (κ1) is 14.5. The second kappa shape index (κ2) is 6.06. The first-order chi connectivity index (χ1) is 9.08. The maximum Gasteiger partial charge on any atom is 0.0359 e. The molecular formula is C17H28N2. The average molecular weight is 260 g/mol. The molecule has 0 spiro atoms. The summed E-state index contributed by atoms with van der Waals surface area (Å²) in [6, 6.07) is 9.53. The van der Waals surface area contributed by atoms with Gasteiger partial charge in [-0.25, -0.2) is 0 Å². The molecule has 0 radical (unpaired) electrons. The van der Waals surface area contributed by atoms with Gasteiger partial charge in [0.15, 0.2) is 0 Å². The van der Waals surface area contributed by atoms with Gasteiger partial charge in [0.05, 0.1) is 0 Å². The van der Waals surface area contributed by atoms with Crippen LogP contribution in [0.5, 0.6) is 0 Å². The van der Waals surface area contributed by atoms with Gasteiger partial charge in [0.1, 0.15) is 0 Å². The Morgan fingerprint density at radius 2 is 1.74 bits per heavy atom. The lowest BCUT2D eigenvalue weighted by Gasteiger charge is -2.43. The lowest BCUT2D eigenvalue weighted by atomic mass is 9.83. The molecule has 1 fully saturated rings. The summed E-state index contributed by atoms with van der Waals surface area (Å²) in [5.41, 5.74) is 3.12. The Labute approximate surface area is 118 Å². The standard InChI is InChI=1S/C17H28N2/c1-14-7-9-15(10-8-14)13-16(18-2)17(19(3)4)11-5-6-12-17/h7-10,16,18H,5-6,11-13H2,1-4H3. The third-order valence-corrected chi connectivity index (χ3v) is 4.92. The molecule has 0 aliphatic heterocycles. The van der Waals surface area contributed by atoms with Gasteiger partial charge in [0.2, 0.25) is 0 Å². The zero-order chi connectivity index (χ0) is 13.9. The van der Waals surface area contributed by atoms with E-state index in [1.54, 1.807) is 0 Å². The van der Waals surface area contributed by atoms with Crippen molar-refractivity contribution in [2.45, 2.75) is 50.6 Å². The quantitative estimate of drug-likeness (QED) is 0.875. The molecule has 1 saturated carbocycles. The van der Waals surface area contributed by atoms with E-state index in [0.29, 0.717) is 11.6 Å². The third-order valence-electron chi connectivity index (χ3n) is 4.92. The zero-order valence-electron chi connectivity index (χ0n) is 12.9. The van der Waals surface area contributed by atoms with Crippen molar-refractivity contribution in [1.82, 2.24) is 10.2 Å². The van der Waals surface area contributed by atoms with Crippen LogP contribution in [0.2, 0.25) is 0 Å². The molecule has 0 amide bonds. The number of hydrogen-bond donors (Lipinski definition) is 1. The molecular weight excluding hydrogens is 232 g/mol. The van der Waals surface area contributed by atoms with Gasteiger partial charge in [-0.2, -0.15) is 0 Å². The highest BCUT2D eigenvalue weighted by Gasteiger charge is 2.42. The highest BCUT2D eigenvalue weighted by Crippen LogP contribution is 2.37. The van der Waals surface area contributed by atoms with E-state index in [4.69, 9.17) is 0 Å². The van der Waals surface area contributed by atoms with Gasteiger partial charge in [0, 0.05) is 11.6 Å².